The van der Waals surface area contributed by atoms with Gasteiger partial charge in [-0.05, 0) is 64.3 Å². The van der Waals surface area contributed by atoms with Crippen LogP contribution in [0.4, 0.5) is 9.18 Å². The highest BCUT2D eigenvalue weighted by molar-refractivity contribution is 6.30. The van der Waals surface area contributed by atoms with Gasteiger partial charge in [0.1, 0.15) is 12.2 Å². The van der Waals surface area contributed by atoms with Gasteiger partial charge in [0.15, 0.2) is 23.1 Å². The number of hydrogen-bond acceptors (Lipinski definition) is 5. The summed E-state index contributed by atoms with van der Waals surface area (Å²) in [5, 5.41) is 0.413. The van der Waals surface area contributed by atoms with E-state index in [1.54, 1.807) is 29.2 Å². The third kappa shape index (κ3) is 6.19. The summed E-state index contributed by atoms with van der Waals surface area (Å²) in [5.41, 5.74) is -0.573. The van der Waals surface area contributed by atoms with Gasteiger partial charge in [0.2, 0.25) is 5.75 Å². The zero-order chi connectivity index (χ0) is 23.3. The summed E-state index contributed by atoms with van der Waals surface area (Å²) in [6.45, 7) is 6.38. The van der Waals surface area contributed by atoms with Gasteiger partial charge >= 0.3 is 6.09 Å². The van der Waals surface area contributed by atoms with E-state index < -0.39 is 11.4 Å². The molecule has 1 heterocycles. The summed E-state index contributed by atoms with van der Waals surface area (Å²) in [7, 11) is 1.44. The highest BCUT2D eigenvalue weighted by atomic mass is 35.5. The Hall–Kier alpha value is -2.67. The second kappa shape index (κ2) is 10.3. The lowest BCUT2D eigenvalue weighted by Crippen LogP contribution is -2.48. The number of likely N-dealkylation sites (tertiary alicyclic amines) is 1. The number of rotatable bonds is 6. The van der Waals surface area contributed by atoms with Crippen LogP contribution in [0.15, 0.2) is 36.4 Å². The molecule has 3 rings (SSSR count). The third-order valence-electron chi connectivity index (χ3n) is 4.95. The Labute approximate surface area is 193 Å². The summed E-state index contributed by atoms with van der Waals surface area (Å²) in [6, 6.07) is 9.14. The maximum atomic E-state index is 14.4. The second-order valence-corrected chi connectivity index (χ2v) is 9.04. The minimum Gasteiger partial charge on any atom is -0.493 e. The zero-order valence-corrected chi connectivity index (χ0v) is 19.6. The molecule has 1 amide bonds. The van der Waals surface area contributed by atoms with Gasteiger partial charge < -0.3 is 23.8 Å². The zero-order valence-electron chi connectivity index (χ0n) is 18.8. The van der Waals surface area contributed by atoms with Gasteiger partial charge in [-0.1, -0.05) is 17.7 Å². The molecule has 0 N–H and O–H groups in total. The summed E-state index contributed by atoms with van der Waals surface area (Å²) < 4.78 is 37.0. The van der Waals surface area contributed by atoms with Crippen LogP contribution >= 0.6 is 11.6 Å². The number of carbonyl (C=O) groups excluding carboxylic acids is 1. The quantitative estimate of drug-likeness (QED) is 0.490. The van der Waals surface area contributed by atoms with Crippen molar-refractivity contribution in [2.24, 2.45) is 0 Å². The first-order valence-electron chi connectivity index (χ1n) is 10.6. The van der Waals surface area contributed by atoms with Gasteiger partial charge in [-0.15, -0.1) is 0 Å². The van der Waals surface area contributed by atoms with Crippen molar-refractivity contribution >= 4 is 17.7 Å². The van der Waals surface area contributed by atoms with Gasteiger partial charge in [-0.25, -0.2) is 9.18 Å². The van der Waals surface area contributed by atoms with Crippen molar-refractivity contribution < 1.29 is 28.1 Å². The van der Waals surface area contributed by atoms with E-state index in [1.165, 1.54) is 19.2 Å². The summed E-state index contributed by atoms with van der Waals surface area (Å²) in [4.78, 5) is 14.4. The molecular weight excluding hydrogens is 437 g/mol. The number of benzene rings is 2. The number of para-hydroxylation sites is 1. The predicted octanol–water partition coefficient (Wildman–Crippen LogP) is 6.45. The Kier molecular flexibility index (Phi) is 7.72. The standard InChI is InChI=1S/C24H29ClFNO5/c1-24(2,3)32-23(28)27-13-6-5-8-17(27)15-30-19-12-11-16(25)14-21(19)31-22-18(26)9-7-10-20(22)29-4/h7,9-12,14,17H,5-6,8,13,15H2,1-4H3. The van der Waals surface area contributed by atoms with Crippen molar-refractivity contribution in [1.82, 2.24) is 4.90 Å². The number of piperidine rings is 1. The van der Waals surface area contributed by atoms with Crippen LogP contribution in [-0.4, -0.2) is 42.9 Å². The molecule has 8 heteroatoms. The van der Waals surface area contributed by atoms with E-state index in [4.69, 9.17) is 30.5 Å². The number of methoxy groups -OCH3 is 1. The number of carbonyl (C=O) groups is 1. The molecule has 1 fully saturated rings. The molecule has 0 bridgehead atoms. The molecule has 2 aromatic rings. The molecule has 1 atom stereocenters. The Bertz CT molecular complexity index is 946. The molecule has 1 unspecified atom stereocenters. The first-order chi connectivity index (χ1) is 15.2. The fourth-order valence-electron chi connectivity index (χ4n) is 3.46. The Morgan fingerprint density at radius 2 is 1.94 bits per heavy atom. The van der Waals surface area contributed by atoms with Crippen molar-refractivity contribution in [2.45, 2.75) is 51.7 Å². The molecule has 0 aromatic heterocycles. The van der Waals surface area contributed by atoms with Crippen LogP contribution in [0.25, 0.3) is 0 Å². The van der Waals surface area contributed by atoms with Gasteiger partial charge in [0.05, 0.1) is 13.2 Å². The van der Waals surface area contributed by atoms with Gasteiger partial charge in [-0.2, -0.15) is 0 Å². The summed E-state index contributed by atoms with van der Waals surface area (Å²) in [5.74, 6) is 0.253. The fourth-order valence-corrected chi connectivity index (χ4v) is 3.62. The highest BCUT2D eigenvalue weighted by Crippen LogP contribution is 2.39. The number of amides is 1. The van der Waals surface area contributed by atoms with E-state index >= 15 is 0 Å². The molecule has 2 aromatic carbocycles. The second-order valence-electron chi connectivity index (χ2n) is 8.60. The maximum absolute atomic E-state index is 14.4. The molecule has 1 aliphatic rings. The average molecular weight is 466 g/mol. The average Bonchev–Trinajstić information content (AvgIpc) is 2.73. The van der Waals surface area contributed by atoms with Crippen LogP contribution < -0.4 is 14.2 Å². The van der Waals surface area contributed by atoms with E-state index in [-0.39, 0.29) is 36.0 Å². The van der Waals surface area contributed by atoms with Crippen molar-refractivity contribution in [1.29, 1.82) is 0 Å². The molecule has 32 heavy (non-hydrogen) atoms. The van der Waals surface area contributed by atoms with E-state index in [9.17, 15) is 9.18 Å². The highest BCUT2D eigenvalue weighted by Gasteiger charge is 2.31. The van der Waals surface area contributed by atoms with Crippen molar-refractivity contribution in [3.05, 3.63) is 47.2 Å². The molecule has 6 nitrogen and oxygen atoms in total. The van der Waals surface area contributed by atoms with Gasteiger partial charge in [0.25, 0.3) is 0 Å². The lowest BCUT2D eigenvalue weighted by molar-refractivity contribution is 0.00352. The SMILES string of the molecule is COc1cccc(F)c1Oc1cc(Cl)ccc1OCC1CCCCN1C(=O)OC(C)(C)C. The van der Waals surface area contributed by atoms with Crippen molar-refractivity contribution in [3.8, 4) is 23.0 Å². The van der Waals surface area contributed by atoms with Crippen LogP contribution in [0.5, 0.6) is 23.0 Å². The summed E-state index contributed by atoms with van der Waals surface area (Å²) >= 11 is 6.14. The Balaban J connectivity index is 1.77. The van der Waals surface area contributed by atoms with Crippen LogP contribution in [0.3, 0.4) is 0 Å². The van der Waals surface area contributed by atoms with E-state index in [0.29, 0.717) is 17.3 Å². The topological polar surface area (TPSA) is 57.2 Å². The van der Waals surface area contributed by atoms with E-state index in [2.05, 4.69) is 0 Å². The minimum atomic E-state index is -0.573. The first kappa shape index (κ1) is 24.0. The van der Waals surface area contributed by atoms with Gasteiger partial charge in [-0.3, -0.25) is 0 Å². The Morgan fingerprint density at radius 3 is 2.66 bits per heavy atom. The van der Waals surface area contributed by atoms with Crippen LogP contribution in [0, 0.1) is 5.82 Å². The number of halogens is 2. The number of ether oxygens (including phenoxy) is 4. The molecule has 0 spiro atoms. The van der Waals surface area contributed by atoms with Crippen molar-refractivity contribution in [2.75, 3.05) is 20.3 Å². The molecule has 174 valence electrons. The van der Waals surface area contributed by atoms with Crippen LogP contribution in [0.1, 0.15) is 40.0 Å². The largest absolute Gasteiger partial charge is 0.493 e. The molecular formula is C24H29ClFNO5. The molecule has 0 saturated carbocycles. The fraction of sp³-hybridized carbons (Fsp3) is 0.458. The number of nitrogens with zero attached hydrogens (tertiary/aromatic N) is 1. The minimum absolute atomic E-state index is 0.0600. The van der Waals surface area contributed by atoms with Crippen LogP contribution in [-0.2, 0) is 4.74 Å². The summed E-state index contributed by atoms with van der Waals surface area (Å²) in [6.07, 6.45) is 2.35. The lowest BCUT2D eigenvalue weighted by Gasteiger charge is -2.36. The number of hydrogen-bond donors (Lipinski definition) is 0. The monoisotopic (exact) mass is 465 g/mol. The molecule has 1 aliphatic heterocycles. The van der Waals surface area contributed by atoms with Gasteiger partial charge in [0, 0.05) is 17.6 Å². The smallest absolute Gasteiger partial charge is 0.410 e. The van der Waals surface area contributed by atoms with Crippen molar-refractivity contribution in [3.63, 3.8) is 0 Å². The molecule has 1 saturated heterocycles. The van der Waals surface area contributed by atoms with E-state index in [0.717, 1.165) is 19.3 Å². The van der Waals surface area contributed by atoms with E-state index in [1.807, 2.05) is 20.8 Å². The maximum Gasteiger partial charge on any atom is 0.410 e. The predicted molar refractivity (Wildman–Crippen MR) is 121 cm³/mol. The lowest BCUT2D eigenvalue weighted by atomic mass is 10.0. The molecule has 0 aliphatic carbocycles. The Morgan fingerprint density at radius 1 is 1.16 bits per heavy atom. The molecule has 0 radical (unpaired) electrons. The third-order valence-corrected chi connectivity index (χ3v) is 5.19. The van der Waals surface area contributed by atoms with Crippen LogP contribution in [0.2, 0.25) is 5.02 Å². The normalized spacial score (nSPS) is 16.4. The first-order valence-corrected chi connectivity index (χ1v) is 11.0.